The predicted octanol–water partition coefficient (Wildman–Crippen LogP) is 3.55. The lowest BCUT2D eigenvalue weighted by Gasteiger charge is -2.29. The number of hydrogen-bond donors (Lipinski definition) is 1. The Hall–Kier alpha value is -1.40. The van der Waals surface area contributed by atoms with Crippen LogP contribution in [0.15, 0.2) is 42.5 Å². The summed E-state index contributed by atoms with van der Waals surface area (Å²) in [6.45, 7) is 2.75. The highest BCUT2D eigenvalue weighted by atomic mass is 127. The van der Waals surface area contributed by atoms with E-state index in [-0.39, 0.29) is 0 Å². The third-order valence-electron chi connectivity index (χ3n) is 3.86. The number of halogens is 1. The molecule has 3 nitrogen and oxygen atoms in total. The molecule has 21 heavy (non-hydrogen) atoms. The molecule has 0 bridgehead atoms. The predicted molar refractivity (Wildman–Crippen MR) is 90.4 cm³/mol. The molecule has 1 aliphatic heterocycles. The van der Waals surface area contributed by atoms with Crippen LogP contribution < -0.4 is 0 Å². The van der Waals surface area contributed by atoms with Gasteiger partial charge in [-0.25, -0.2) is 4.79 Å². The third kappa shape index (κ3) is 3.44. The van der Waals surface area contributed by atoms with Crippen LogP contribution in [0.5, 0.6) is 0 Å². The number of benzene rings is 2. The minimum Gasteiger partial charge on any atom is -0.478 e. The standard InChI is InChI=1S/C17H16INO2/c18-16-5-1-12(2-6-16)10-19-8-7-13-3-4-14(17(20)21)9-15(13)11-19/h1-6,9H,7-8,10-11H2,(H,20,21). The first-order valence-electron chi connectivity index (χ1n) is 6.94. The Labute approximate surface area is 137 Å². The van der Waals surface area contributed by atoms with Crippen molar-refractivity contribution in [2.75, 3.05) is 6.54 Å². The fourth-order valence-electron chi connectivity index (χ4n) is 2.73. The van der Waals surface area contributed by atoms with E-state index in [1.54, 1.807) is 6.07 Å². The second kappa shape index (κ2) is 6.15. The Morgan fingerprint density at radius 2 is 1.90 bits per heavy atom. The van der Waals surface area contributed by atoms with Gasteiger partial charge in [-0.2, -0.15) is 0 Å². The summed E-state index contributed by atoms with van der Waals surface area (Å²) in [6, 6.07) is 14.0. The summed E-state index contributed by atoms with van der Waals surface area (Å²) >= 11 is 2.31. The van der Waals surface area contributed by atoms with Crippen LogP contribution in [0.4, 0.5) is 0 Å². The van der Waals surface area contributed by atoms with Gasteiger partial charge in [-0.3, -0.25) is 4.90 Å². The lowest BCUT2D eigenvalue weighted by atomic mass is 9.97. The summed E-state index contributed by atoms with van der Waals surface area (Å²) in [7, 11) is 0. The summed E-state index contributed by atoms with van der Waals surface area (Å²) in [5.41, 5.74) is 4.10. The van der Waals surface area contributed by atoms with Crippen LogP contribution in [0, 0.1) is 3.57 Å². The molecule has 0 atom stereocenters. The van der Waals surface area contributed by atoms with Crippen molar-refractivity contribution in [2.24, 2.45) is 0 Å². The molecule has 2 aromatic carbocycles. The molecule has 108 valence electrons. The van der Waals surface area contributed by atoms with E-state index in [2.05, 4.69) is 51.8 Å². The summed E-state index contributed by atoms with van der Waals surface area (Å²) < 4.78 is 1.24. The van der Waals surface area contributed by atoms with Crippen LogP contribution in [0.2, 0.25) is 0 Å². The fourth-order valence-corrected chi connectivity index (χ4v) is 3.09. The highest BCUT2D eigenvalue weighted by Gasteiger charge is 2.17. The molecular formula is C17H16INO2. The zero-order valence-electron chi connectivity index (χ0n) is 11.6. The van der Waals surface area contributed by atoms with Crippen molar-refractivity contribution in [3.63, 3.8) is 0 Å². The van der Waals surface area contributed by atoms with E-state index in [0.29, 0.717) is 5.56 Å². The van der Waals surface area contributed by atoms with Gasteiger partial charge in [0.1, 0.15) is 0 Å². The van der Waals surface area contributed by atoms with E-state index >= 15 is 0 Å². The van der Waals surface area contributed by atoms with Gasteiger partial charge in [-0.15, -0.1) is 0 Å². The topological polar surface area (TPSA) is 40.5 Å². The Kier molecular flexibility index (Phi) is 4.26. The molecule has 0 saturated heterocycles. The maximum absolute atomic E-state index is 11.1. The lowest BCUT2D eigenvalue weighted by molar-refractivity contribution is 0.0696. The van der Waals surface area contributed by atoms with E-state index in [9.17, 15) is 4.79 Å². The molecule has 0 spiro atoms. The van der Waals surface area contributed by atoms with E-state index in [1.165, 1.54) is 14.7 Å². The molecule has 0 unspecified atom stereocenters. The smallest absolute Gasteiger partial charge is 0.335 e. The average molecular weight is 393 g/mol. The number of hydrogen-bond acceptors (Lipinski definition) is 2. The Morgan fingerprint density at radius 3 is 2.62 bits per heavy atom. The largest absolute Gasteiger partial charge is 0.478 e. The summed E-state index contributed by atoms with van der Waals surface area (Å²) in [6.07, 6.45) is 0.986. The molecule has 0 saturated carbocycles. The Bertz CT molecular complexity index is 667. The normalized spacial score (nSPS) is 14.7. The van der Waals surface area contributed by atoms with E-state index in [0.717, 1.165) is 31.6 Å². The number of rotatable bonds is 3. The van der Waals surface area contributed by atoms with Gasteiger partial charge < -0.3 is 5.11 Å². The molecular weight excluding hydrogens is 377 g/mol. The molecule has 1 aliphatic rings. The minimum absolute atomic E-state index is 0.380. The highest BCUT2D eigenvalue weighted by Crippen LogP contribution is 2.22. The van der Waals surface area contributed by atoms with Gasteiger partial charge in [0.25, 0.3) is 0 Å². The van der Waals surface area contributed by atoms with Gasteiger partial charge >= 0.3 is 5.97 Å². The van der Waals surface area contributed by atoms with Crippen molar-refractivity contribution in [3.8, 4) is 0 Å². The summed E-state index contributed by atoms with van der Waals surface area (Å²) in [5.74, 6) is -0.854. The summed E-state index contributed by atoms with van der Waals surface area (Å²) in [5, 5.41) is 9.10. The molecule has 1 N–H and O–H groups in total. The maximum atomic E-state index is 11.1. The van der Waals surface area contributed by atoms with Gasteiger partial charge in [-0.1, -0.05) is 18.2 Å². The number of fused-ring (bicyclic) bond motifs is 1. The first-order valence-corrected chi connectivity index (χ1v) is 8.01. The van der Waals surface area contributed by atoms with Crippen molar-refractivity contribution < 1.29 is 9.90 Å². The van der Waals surface area contributed by atoms with Crippen LogP contribution in [-0.2, 0) is 19.5 Å². The minimum atomic E-state index is -0.854. The van der Waals surface area contributed by atoms with Gasteiger partial charge in [0.15, 0.2) is 0 Å². The first kappa shape index (κ1) is 14.5. The number of carboxylic acid groups (broad SMARTS) is 1. The molecule has 0 radical (unpaired) electrons. The van der Waals surface area contributed by atoms with E-state index in [1.807, 2.05) is 12.1 Å². The molecule has 0 aromatic heterocycles. The van der Waals surface area contributed by atoms with Crippen molar-refractivity contribution in [2.45, 2.75) is 19.5 Å². The fraction of sp³-hybridized carbons (Fsp3) is 0.235. The van der Waals surface area contributed by atoms with Crippen molar-refractivity contribution in [1.29, 1.82) is 0 Å². The molecule has 1 heterocycles. The molecule has 4 heteroatoms. The maximum Gasteiger partial charge on any atom is 0.335 e. The number of carboxylic acids is 1. The van der Waals surface area contributed by atoms with Crippen molar-refractivity contribution in [3.05, 3.63) is 68.3 Å². The second-order valence-electron chi connectivity index (χ2n) is 5.38. The van der Waals surface area contributed by atoms with Crippen LogP contribution in [0.3, 0.4) is 0 Å². The molecule has 0 amide bonds. The number of nitrogens with zero attached hydrogens (tertiary/aromatic N) is 1. The van der Waals surface area contributed by atoms with Crippen LogP contribution in [0.1, 0.15) is 27.0 Å². The highest BCUT2D eigenvalue weighted by molar-refractivity contribution is 14.1. The van der Waals surface area contributed by atoms with E-state index in [4.69, 9.17) is 5.11 Å². The van der Waals surface area contributed by atoms with Crippen LogP contribution in [-0.4, -0.2) is 22.5 Å². The van der Waals surface area contributed by atoms with E-state index < -0.39 is 5.97 Å². The monoisotopic (exact) mass is 393 g/mol. The first-order chi connectivity index (χ1) is 10.1. The zero-order valence-corrected chi connectivity index (χ0v) is 13.7. The Balaban J connectivity index is 1.75. The molecule has 0 fully saturated rings. The van der Waals surface area contributed by atoms with Crippen molar-refractivity contribution >= 4 is 28.6 Å². The van der Waals surface area contributed by atoms with Crippen LogP contribution in [0.25, 0.3) is 0 Å². The van der Waals surface area contributed by atoms with Crippen molar-refractivity contribution in [1.82, 2.24) is 4.90 Å². The summed E-state index contributed by atoms with van der Waals surface area (Å²) in [4.78, 5) is 13.4. The molecule has 0 aliphatic carbocycles. The quantitative estimate of drug-likeness (QED) is 0.812. The SMILES string of the molecule is O=C(O)c1ccc2c(c1)CN(Cc1ccc(I)cc1)CC2. The van der Waals surface area contributed by atoms with Crippen LogP contribution >= 0.6 is 22.6 Å². The average Bonchev–Trinajstić information content (AvgIpc) is 2.49. The molecule has 2 aromatic rings. The van der Waals surface area contributed by atoms with Gasteiger partial charge in [0.05, 0.1) is 5.56 Å². The van der Waals surface area contributed by atoms with Gasteiger partial charge in [-0.05, 0) is 70.0 Å². The van der Waals surface area contributed by atoms with Gasteiger partial charge in [0.2, 0.25) is 0 Å². The third-order valence-corrected chi connectivity index (χ3v) is 4.58. The van der Waals surface area contributed by atoms with Gasteiger partial charge in [0, 0.05) is 23.2 Å². The number of aromatic carboxylic acids is 1. The molecule has 3 rings (SSSR count). The number of carbonyl (C=O) groups is 1. The Morgan fingerprint density at radius 1 is 1.14 bits per heavy atom. The zero-order chi connectivity index (χ0) is 14.8. The lowest BCUT2D eigenvalue weighted by Crippen LogP contribution is -2.30. The second-order valence-corrected chi connectivity index (χ2v) is 6.62.